The Morgan fingerprint density at radius 1 is 1.32 bits per heavy atom. The van der Waals surface area contributed by atoms with E-state index in [1.54, 1.807) is 0 Å². The molecule has 3 heteroatoms. The van der Waals surface area contributed by atoms with E-state index >= 15 is 0 Å². The van der Waals surface area contributed by atoms with Gasteiger partial charge in [0.1, 0.15) is 11.9 Å². The molecule has 2 aliphatic heterocycles. The summed E-state index contributed by atoms with van der Waals surface area (Å²) in [5, 5.41) is 0. The highest BCUT2D eigenvalue weighted by molar-refractivity contribution is 5.87. The van der Waals surface area contributed by atoms with Crippen molar-refractivity contribution in [2.45, 2.75) is 25.4 Å². The molecule has 2 heterocycles. The number of carbonyl (C=O) groups is 1. The fourth-order valence-electron chi connectivity index (χ4n) is 4.10. The first-order chi connectivity index (χ1) is 10.7. The number of hydrogen-bond donors (Lipinski definition) is 0. The number of ether oxygens (including phenoxy) is 1. The minimum atomic E-state index is -0.0722. The van der Waals surface area contributed by atoms with Crippen molar-refractivity contribution in [1.82, 2.24) is 4.90 Å². The van der Waals surface area contributed by atoms with Crippen LogP contribution in [-0.4, -0.2) is 30.5 Å². The number of likely N-dealkylation sites (tertiary alicyclic amines) is 1. The van der Waals surface area contributed by atoms with Crippen LogP contribution in [0.5, 0.6) is 5.75 Å². The van der Waals surface area contributed by atoms with Crippen molar-refractivity contribution in [3.63, 3.8) is 0 Å². The van der Waals surface area contributed by atoms with Gasteiger partial charge in [-0.25, -0.2) is 0 Å². The van der Waals surface area contributed by atoms with Crippen molar-refractivity contribution in [1.29, 1.82) is 0 Å². The average molecular weight is 295 g/mol. The van der Waals surface area contributed by atoms with Crippen LogP contribution >= 0.6 is 0 Å². The molecule has 0 N–H and O–H groups in total. The van der Waals surface area contributed by atoms with Crippen LogP contribution in [0.2, 0.25) is 0 Å². The molecule has 2 unspecified atom stereocenters. The topological polar surface area (TPSA) is 29.5 Å². The number of allylic oxidation sites excluding steroid dienone is 2. The normalized spacial score (nSPS) is 32.5. The first kappa shape index (κ1) is 13.6. The minimum Gasteiger partial charge on any atom is -0.485 e. The van der Waals surface area contributed by atoms with E-state index in [0.717, 1.165) is 24.3 Å². The molecular formula is C19H21NO2. The molecule has 114 valence electrons. The number of benzene rings is 1. The Balaban J connectivity index is 1.85. The number of hydrogen-bond acceptors (Lipinski definition) is 2. The predicted molar refractivity (Wildman–Crippen MR) is 85.7 cm³/mol. The van der Waals surface area contributed by atoms with Crippen molar-refractivity contribution in [2.24, 2.45) is 11.8 Å². The number of fused-ring (bicyclic) bond motifs is 5. The maximum atomic E-state index is 12.7. The van der Waals surface area contributed by atoms with Gasteiger partial charge in [0.15, 0.2) is 0 Å². The van der Waals surface area contributed by atoms with Gasteiger partial charge in [-0.05, 0) is 18.6 Å². The molecule has 0 saturated carbocycles. The lowest BCUT2D eigenvalue weighted by Crippen LogP contribution is -2.32. The second kappa shape index (κ2) is 5.01. The zero-order valence-corrected chi connectivity index (χ0v) is 13.0. The fourth-order valence-corrected chi connectivity index (χ4v) is 4.10. The lowest BCUT2D eigenvalue weighted by molar-refractivity contribution is -0.127. The Morgan fingerprint density at radius 2 is 2.14 bits per heavy atom. The van der Waals surface area contributed by atoms with E-state index in [2.05, 4.69) is 31.2 Å². The third-order valence-corrected chi connectivity index (χ3v) is 5.26. The molecule has 3 aliphatic rings. The molecule has 1 saturated heterocycles. The van der Waals surface area contributed by atoms with E-state index < -0.39 is 0 Å². The van der Waals surface area contributed by atoms with Crippen LogP contribution in [0.1, 0.15) is 24.8 Å². The number of carbonyl (C=O) groups excluding carboxylic acids is 1. The predicted octanol–water partition coefficient (Wildman–Crippen LogP) is 3.14. The lowest BCUT2D eigenvalue weighted by atomic mass is 9.76. The number of nitrogens with zero attached hydrogens (tertiary/aromatic N) is 1. The summed E-state index contributed by atoms with van der Waals surface area (Å²) >= 11 is 0. The van der Waals surface area contributed by atoms with Gasteiger partial charge < -0.3 is 9.64 Å². The third kappa shape index (κ3) is 1.92. The molecule has 22 heavy (non-hydrogen) atoms. The van der Waals surface area contributed by atoms with Gasteiger partial charge in [-0.15, -0.1) is 0 Å². The highest BCUT2D eigenvalue weighted by Gasteiger charge is 2.48. The van der Waals surface area contributed by atoms with E-state index in [9.17, 15) is 4.79 Å². The second-order valence-corrected chi connectivity index (χ2v) is 6.51. The van der Waals surface area contributed by atoms with Crippen LogP contribution in [0.25, 0.3) is 0 Å². The van der Waals surface area contributed by atoms with Crippen LogP contribution in [-0.2, 0) is 4.79 Å². The summed E-state index contributed by atoms with van der Waals surface area (Å²) in [6.45, 7) is 2.98. The first-order valence-electron chi connectivity index (χ1n) is 8.08. The molecule has 4 atom stereocenters. The Kier molecular flexibility index (Phi) is 3.10. The highest BCUT2D eigenvalue weighted by atomic mass is 16.5. The molecule has 0 aromatic heterocycles. The molecule has 0 radical (unpaired) electrons. The van der Waals surface area contributed by atoms with Crippen molar-refractivity contribution in [3.05, 3.63) is 53.6 Å². The van der Waals surface area contributed by atoms with E-state index in [1.807, 2.05) is 30.1 Å². The van der Waals surface area contributed by atoms with Gasteiger partial charge in [0, 0.05) is 31.0 Å². The van der Waals surface area contributed by atoms with Crippen molar-refractivity contribution < 1.29 is 9.53 Å². The van der Waals surface area contributed by atoms with Crippen LogP contribution in [0.15, 0.2) is 48.1 Å². The molecule has 3 nitrogen and oxygen atoms in total. The van der Waals surface area contributed by atoms with Gasteiger partial charge in [0.05, 0.1) is 5.92 Å². The third-order valence-electron chi connectivity index (χ3n) is 5.26. The summed E-state index contributed by atoms with van der Waals surface area (Å²) in [6, 6.07) is 8.03. The van der Waals surface area contributed by atoms with Crippen molar-refractivity contribution in [3.8, 4) is 5.75 Å². The Bertz CT molecular complexity index is 676. The van der Waals surface area contributed by atoms with Gasteiger partial charge in [-0.2, -0.15) is 0 Å². The second-order valence-electron chi connectivity index (χ2n) is 6.51. The van der Waals surface area contributed by atoms with Crippen LogP contribution in [0.4, 0.5) is 0 Å². The Hall–Kier alpha value is -2.03. The smallest absolute Gasteiger partial charge is 0.230 e. The minimum absolute atomic E-state index is 0.0331. The molecular weight excluding hydrogens is 274 g/mol. The lowest BCUT2D eigenvalue weighted by Gasteiger charge is -2.29. The fraction of sp³-hybridized carbons (Fsp3) is 0.421. The SMILES string of the molecule is CCC1=CC2C(C=C1)Oc1ccccc1[C@H]1C(=O)N(C)C[C@H]21. The van der Waals surface area contributed by atoms with Crippen molar-refractivity contribution >= 4 is 5.91 Å². The standard InChI is InChI=1S/C19H21NO2/c1-3-12-8-9-17-14(10-12)15-11-20(2)19(21)18(15)13-6-4-5-7-16(13)22-17/h4-10,14-15,17-18H,3,11H2,1-2H3/t14?,15-,17?,18-/m1/s1. The maximum Gasteiger partial charge on any atom is 0.230 e. The summed E-state index contributed by atoms with van der Waals surface area (Å²) in [6.07, 6.45) is 7.73. The molecule has 4 rings (SSSR count). The van der Waals surface area contributed by atoms with Crippen LogP contribution in [0.3, 0.4) is 0 Å². The average Bonchev–Trinajstić information content (AvgIpc) is 2.76. The Labute approximate surface area is 131 Å². The van der Waals surface area contributed by atoms with Gasteiger partial charge in [-0.3, -0.25) is 4.79 Å². The van der Waals surface area contributed by atoms with Gasteiger partial charge >= 0.3 is 0 Å². The molecule has 1 aromatic rings. The zero-order valence-electron chi connectivity index (χ0n) is 13.0. The highest BCUT2D eigenvalue weighted by Crippen LogP contribution is 2.47. The summed E-state index contributed by atoms with van der Waals surface area (Å²) < 4.78 is 6.27. The van der Waals surface area contributed by atoms with E-state index in [1.165, 1.54) is 5.57 Å². The number of amides is 1. The van der Waals surface area contributed by atoms with E-state index in [-0.39, 0.29) is 29.8 Å². The number of likely N-dealkylation sites (N-methyl/N-ethyl adjacent to an activating group) is 1. The summed E-state index contributed by atoms with van der Waals surface area (Å²) in [5.74, 6) is 1.58. The van der Waals surface area contributed by atoms with Crippen LogP contribution in [0, 0.1) is 11.8 Å². The number of para-hydroxylation sites is 1. The summed E-state index contributed by atoms with van der Waals surface area (Å²) in [5.41, 5.74) is 2.40. The molecule has 1 fully saturated rings. The van der Waals surface area contributed by atoms with Gasteiger partial charge in [0.25, 0.3) is 0 Å². The maximum absolute atomic E-state index is 12.7. The zero-order chi connectivity index (χ0) is 15.3. The largest absolute Gasteiger partial charge is 0.485 e. The molecule has 1 amide bonds. The summed E-state index contributed by atoms with van der Waals surface area (Å²) in [7, 11) is 1.92. The van der Waals surface area contributed by atoms with Crippen molar-refractivity contribution in [2.75, 3.05) is 13.6 Å². The Morgan fingerprint density at radius 3 is 2.95 bits per heavy atom. The van der Waals surface area contributed by atoms with E-state index in [0.29, 0.717) is 0 Å². The molecule has 0 bridgehead atoms. The van der Waals surface area contributed by atoms with Gasteiger partial charge in [-0.1, -0.05) is 42.8 Å². The number of rotatable bonds is 1. The summed E-state index contributed by atoms with van der Waals surface area (Å²) in [4.78, 5) is 14.6. The van der Waals surface area contributed by atoms with E-state index in [4.69, 9.17) is 4.74 Å². The van der Waals surface area contributed by atoms with Gasteiger partial charge in [0.2, 0.25) is 5.91 Å². The quantitative estimate of drug-likeness (QED) is 0.796. The monoisotopic (exact) mass is 295 g/mol. The van der Waals surface area contributed by atoms with Crippen LogP contribution < -0.4 is 4.74 Å². The molecule has 1 aromatic carbocycles. The first-order valence-corrected chi connectivity index (χ1v) is 8.08. The molecule has 1 aliphatic carbocycles. The molecule has 0 spiro atoms.